The Hall–Kier alpha value is -2.37. The summed E-state index contributed by atoms with van der Waals surface area (Å²) in [5.74, 6) is -6.26. The fourth-order valence-corrected chi connectivity index (χ4v) is 7.38. The third kappa shape index (κ3) is 22.0. The summed E-state index contributed by atoms with van der Waals surface area (Å²) < 4.78 is 15.0. The molecule has 3 N–H and O–H groups in total. The van der Waals surface area contributed by atoms with Crippen molar-refractivity contribution in [3.05, 3.63) is 0 Å². The number of cyclic esters (lactones) is 3. The standard InChI is InChI=1S/C45H80O11/c1-3-5-7-9-11-13-15-17-19-21-23-25-27-29-31-33-39(48)45(53,41-44(52)55-37(35-46)42(50)54-38(36-47)43(51)56-41)40(49)34-32-30-28-26-24-22-20-18-16-14-12-10-8-6-4-2/h37-38,41,46-47,53H,3-36H2,1-2H3. The van der Waals surface area contributed by atoms with Crippen LogP contribution in [0.25, 0.3) is 0 Å². The van der Waals surface area contributed by atoms with Gasteiger partial charge < -0.3 is 29.5 Å². The molecule has 0 saturated carbocycles. The maximum atomic E-state index is 13.7. The van der Waals surface area contributed by atoms with Gasteiger partial charge in [-0.2, -0.15) is 0 Å². The SMILES string of the molecule is CCCCCCCCCCCCCCCCCC(=O)C(O)(C(=O)CCCCCCCCCCCCCCCCC)C1OC(=O)C(CO)OC(=O)C(CO)OC1=O. The number of hydrogen-bond donors (Lipinski definition) is 3. The van der Waals surface area contributed by atoms with Gasteiger partial charge in [0.1, 0.15) is 0 Å². The van der Waals surface area contributed by atoms with Crippen LogP contribution in [0.15, 0.2) is 0 Å². The molecule has 0 aromatic rings. The molecule has 0 aromatic heterocycles. The predicted octanol–water partition coefficient (Wildman–Crippen LogP) is 9.11. The molecule has 11 heteroatoms. The molecule has 3 atom stereocenters. The molecule has 56 heavy (non-hydrogen) atoms. The van der Waals surface area contributed by atoms with Crippen LogP contribution in [0.1, 0.15) is 219 Å². The highest BCUT2D eigenvalue weighted by Crippen LogP contribution is 2.27. The van der Waals surface area contributed by atoms with Crippen molar-refractivity contribution in [3.8, 4) is 0 Å². The monoisotopic (exact) mass is 797 g/mol. The van der Waals surface area contributed by atoms with Crippen LogP contribution in [0.3, 0.4) is 0 Å². The van der Waals surface area contributed by atoms with Gasteiger partial charge in [0, 0.05) is 12.8 Å². The van der Waals surface area contributed by atoms with Gasteiger partial charge in [0.05, 0.1) is 13.2 Å². The zero-order chi connectivity index (χ0) is 41.3. The molecule has 3 unspecified atom stereocenters. The highest BCUT2D eigenvalue weighted by Gasteiger charge is 2.57. The van der Waals surface area contributed by atoms with Crippen LogP contribution in [0.2, 0.25) is 0 Å². The van der Waals surface area contributed by atoms with Crippen molar-refractivity contribution in [2.24, 2.45) is 0 Å². The first-order valence-electron chi connectivity index (χ1n) is 22.8. The molecule has 1 fully saturated rings. The molecule has 1 aliphatic heterocycles. The molecule has 0 radical (unpaired) electrons. The summed E-state index contributed by atoms with van der Waals surface area (Å²) in [4.78, 5) is 66.1. The molecule has 326 valence electrons. The van der Waals surface area contributed by atoms with E-state index >= 15 is 0 Å². The van der Waals surface area contributed by atoms with E-state index in [0.717, 1.165) is 51.4 Å². The largest absolute Gasteiger partial charge is 0.445 e. The Morgan fingerprint density at radius 1 is 0.429 bits per heavy atom. The number of esters is 3. The van der Waals surface area contributed by atoms with Gasteiger partial charge in [-0.15, -0.1) is 0 Å². The molecule has 1 saturated heterocycles. The highest BCUT2D eigenvalue weighted by molar-refractivity contribution is 6.14. The van der Waals surface area contributed by atoms with Gasteiger partial charge in [0.15, 0.2) is 11.6 Å². The van der Waals surface area contributed by atoms with Gasteiger partial charge in [-0.1, -0.05) is 194 Å². The minimum Gasteiger partial charge on any atom is -0.445 e. The number of ether oxygens (including phenoxy) is 3. The molecular formula is C45H80O11. The van der Waals surface area contributed by atoms with E-state index < -0.39 is 66.6 Å². The first kappa shape index (κ1) is 51.6. The topological polar surface area (TPSA) is 174 Å². The zero-order valence-corrected chi connectivity index (χ0v) is 35.4. The fraction of sp³-hybridized carbons (Fsp3) is 0.889. The minimum absolute atomic E-state index is 0.247. The van der Waals surface area contributed by atoms with Gasteiger partial charge in [0.25, 0.3) is 0 Å². The Bertz CT molecular complexity index is 1010. The van der Waals surface area contributed by atoms with Crippen molar-refractivity contribution in [2.45, 2.75) is 243 Å². The number of aliphatic hydroxyl groups excluding tert-OH is 2. The lowest BCUT2D eigenvalue weighted by molar-refractivity contribution is -0.194. The number of Topliss-reactive ketones (excluding diaryl/α,β-unsaturated/α-hetero) is 2. The van der Waals surface area contributed by atoms with Gasteiger partial charge >= 0.3 is 17.9 Å². The van der Waals surface area contributed by atoms with E-state index in [2.05, 4.69) is 13.8 Å². The number of unbranched alkanes of at least 4 members (excludes halogenated alkanes) is 28. The van der Waals surface area contributed by atoms with Crippen LogP contribution in [0.4, 0.5) is 0 Å². The second kappa shape index (κ2) is 33.6. The van der Waals surface area contributed by atoms with E-state index in [9.17, 15) is 39.3 Å². The van der Waals surface area contributed by atoms with Crippen LogP contribution in [-0.4, -0.2) is 81.9 Å². The molecule has 0 spiro atoms. The first-order chi connectivity index (χ1) is 27.2. The van der Waals surface area contributed by atoms with E-state index in [1.165, 1.54) is 116 Å². The van der Waals surface area contributed by atoms with Gasteiger partial charge in [-0.05, 0) is 12.8 Å². The Morgan fingerprint density at radius 3 is 0.964 bits per heavy atom. The van der Waals surface area contributed by atoms with Crippen LogP contribution in [0.5, 0.6) is 0 Å². The lowest BCUT2D eigenvalue weighted by atomic mass is 9.82. The normalized spacial score (nSPS) is 17.8. The average molecular weight is 797 g/mol. The number of rotatable bonds is 37. The van der Waals surface area contributed by atoms with Crippen LogP contribution in [-0.2, 0) is 38.2 Å². The van der Waals surface area contributed by atoms with E-state index in [4.69, 9.17) is 14.2 Å². The van der Waals surface area contributed by atoms with E-state index in [1.807, 2.05) is 0 Å². The number of carbonyl (C=O) groups excluding carboxylic acids is 5. The molecule has 11 nitrogen and oxygen atoms in total. The average Bonchev–Trinajstić information content (AvgIpc) is 3.23. The summed E-state index contributed by atoms with van der Waals surface area (Å²) in [6.45, 7) is 2.38. The fourth-order valence-electron chi connectivity index (χ4n) is 7.38. The molecule has 0 aromatic carbocycles. The second-order valence-electron chi connectivity index (χ2n) is 16.0. The molecule has 0 amide bonds. The Morgan fingerprint density at radius 2 is 0.679 bits per heavy atom. The van der Waals surface area contributed by atoms with E-state index in [0.29, 0.717) is 25.7 Å². The lowest BCUT2D eigenvalue weighted by Gasteiger charge is -2.32. The molecular weight excluding hydrogens is 716 g/mol. The van der Waals surface area contributed by atoms with Crippen molar-refractivity contribution in [1.29, 1.82) is 0 Å². The van der Waals surface area contributed by atoms with Gasteiger partial charge in [-0.3, -0.25) is 9.59 Å². The molecule has 1 rings (SSSR count). The summed E-state index contributed by atoms with van der Waals surface area (Å²) in [6.07, 6.45) is 26.8. The maximum Gasteiger partial charge on any atom is 0.352 e. The lowest BCUT2D eigenvalue weighted by Crippen LogP contribution is -2.61. The van der Waals surface area contributed by atoms with Crippen molar-refractivity contribution < 1.29 is 53.5 Å². The van der Waals surface area contributed by atoms with Crippen molar-refractivity contribution in [1.82, 2.24) is 0 Å². The van der Waals surface area contributed by atoms with Crippen LogP contribution < -0.4 is 0 Å². The summed E-state index contributed by atoms with van der Waals surface area (Å²) in [5, 5.41) is 31.2. The van der Waals surface area contributed by atoms with Crippen molar-refractivity contribution >= 4 is 29.5 Å². The first-order valence-corrected chi connectivity index (χ1v) is 22.8. The van der Waals surface area contributed by atoms with E-state index in [1.54, 1.807) is 0 Å². The van der Waals surface area contributed by atoms with Gasteiger partial charge in [0.2, 0.25) is 23.9 Å². The summed E-state index contributed by atoms with van der Waals surface area (Å²) in [7, 11) is 0. The van der Waals surface area contributed by atoms with Crippen LogP contribution >= 0.6 is 0 Å². The summed E-state index contributed by atoms with van der Waals surface area (Å²) >= 11 is 0. The summed E-state index contributed by atoms with van der Waals surface area (Å²) in [5.41, 5.74) is -3.08. The maximum absolute atomic E-state index is 13.7. The molecule has 0 bridgehead atoms. The Balaban J connectivity index is 2.69. The smallest absolute Gasteiger partial charge is 0.352 e. The number of carbonyl (C=O) groups is 5. The quantitative estimate of drug-likeness (QED) is 0.0237. The second-order valence-corrected chi connectivity index (χ2v) is 16.0. The minimum atomic E-state index is -3.08. The Kier molecular flexibility index (Phi) is 31.0. The summed E-state index contributed by atoms with van der Waals surface area (Å²) in [6, 6.07) is 0. The Labute approximate surface area is 338 Å². The number of hydrogen-bond acceptors (Lipinski definition) is 11. The van der Waals surface area contributed by atoms with E-state index in [-0.39, 0.29) is 12.8 Å². The number of aliphatic hydroxyl groups is 3. The zero-order valence-electron chi connectivity index (χ0n) is 35.4. The van der Waals surface area contributed by atoms with Crippen LogP contribution in [0, 0.1) is 0 Å². The molecule has 0 aliphatic carbocycles. The number of ketones is 2. The third-order valence-corrected chi connectivity index (χ3v) is 11.1. The van der Waals surface area contributed by atoms with Crippen molar-refractivity contribution in [3.63, 3.8) is 0 Å². The highest BCUT2D eigenvalue weighted by atomic mass is 16.7. The van der Waals surface area contributed by atoms with Gasteiger partial charge in [-0.25, -0.2) is 14.4 Å². The third-order valence-electron chi connectivity index (χ3n) is 11.1. The predicted molar refractivity (Wildman–Crippen MR) is 218 cm³/mol. The molecule has 1 heterocycles. The molecule has 1 aliphatic rings. The van der Waals surface area contributed by atoms with Crippen molar-refractivity contribution in [2.75, 3.05) is 13.2 Å².